The molecule has 2 heterocycles. The van der Waals surface area contributed by atoms with E-state index >= 15 is 8.78 Å². The fourth-order valence-corrected chi connectivity index (χ4v) is 10.0. The number of hydrogen-bond acceptors (Lipinski definition) is 9. The van der Waals surface area contributed by atoms with Crippen LogP contribution in [0.4, 0.5) is 18.4 Å². The number of halogens is 2. The molecule has 2 unspecified atom stereocenters. The molecule has 4 aromatic rings. The Morgan fingerprint density at radius 1 is 0.710 bits per heavy atom. The van der Waals surface area contributed by atoms with Crippen molar-refractivity contribution in [2.75, 3.05) is 67.1 Å². The second-order valence-electron chi connectivity index (χ2n) is 18.3. The van der Waals surface area contributed by atoms with Crippen LogP contribution in [0, 0.1) is 23.5 Å². The van der Waals surface area contributed by atoms with Gasteiger partial charge in [-0.05, 0) is 136 Å². The van der Waals surface area contributed by atoms with Crippen LogP contribution in [0.1, 0.15) is 100 Å². The number of alkyl carbamates (subject to hydrolysis) is 2. The normalized spacial score (nSPS) is 17.6. The molecule has 6 rings (SSSR count). The second kappa shape index (κ2) is 27.1. The maximum Gasteiger partial charge on any atom is 0.406 e. The van der Waals surface area contributed by atoms with Crippen molar-refractivity contribution in [3.05, 3.63) is 119 Å². The van der Waals surface area contributed by atoms with Crippen molar-refractivity contribution in [2.45, 2.75) is 102 Å². The highest BCUT2D eigenvalue weighted by atomic mass is 19.1. The van der Waals surface area contributed by atoms with E-state index in [2.05, 4.69) is 44.6 Å². The van der Waals surface area contributed by atoms with E-state index < -0.39 is 29.2 Å². The Balaban J connectivity index is 0.000000263. The van der Waals surface area contributed by atoms with Gasteiger partial charge < -0.3 is 45.9 Å². The fraction of sp³-hybridized carbons (Fsp3) is 0.509. The van der Waals surface area contributed by atoms with Crippen LogP contribution in [0.3, 0.4) is 0 Å². The number of methoxy groups -OCH3 is 2. The van der Waals surface area contributed by atoms with Gasteiger partial charge in [-0.1, -0.05) is 86.6 Å². The van der Waals surface area contributed by atoms with Crippen molar-refractivity contribution < 1.29 is 42.9 Å². The molecule has 3 amide bonds. The van der Waals surface area contributed by atoms with E-state index in [1.54, 1.807) is 18.2 Å². The number of piperidine rings is 2. The zero-order valence-electron chi connectivity index (χ0n) is 41.3. The summed E-state index contributed by atoms with van der Waals surface area (Å²) in [4.78, 5) is 37.8. The Hall–Kier alpha value is -5.41. The third-order valence-corrected chi connectivity index (χ3v) is 13.8. The standard InChI is InChI=1S/C30H42FN3O4.C25H33FN2O3/c1-4-22-10-5-11-23(20-22)28-25(13-6-14-26(28)31)30(37,16-9-18-33-29(36)38-3)24-12-8-19-34(21-24)27(35)15-7-17-32-2;1-3-18-8-4-9-19(16-18)23-21(11-5-12-22(23)26)25(30,20-10-6-14-27-17-20)13-7-15-28-24(29)31-2/h5-6,10-11,13-14,20,24,32,37H,4,7-9,12,15-19,21H2,1-3H3,(H,33,36);4-5,8-9,11-12,16,20,27,30H,3,6-7,10,13-15,17H2,1-2H3,(H,28,29)/t24-,30?;20-,25?/m11/s1. The Bertz CT molecular complexity index is 2270. The SMILES string of the molecule is CCc1cccc(-c2c(F)cccc2C(O)(CCCNC(=O)OC)[C@@H]2CCCN(C(=O)CCCNC)C2)c1.CCc1cccc(-c2c(F)cccc2C(O)(CCCNC(=O)OC)[C@@H]2CCCNC2)c1. The van der Waals surface area contributed by atoms with E-state index in [-0.39, 0.29) is 23.6 Å². The highest BCUT2D eigenvalue weighted by Gasteiger charge is 2.44. The molecular weight excluding hydrogens is 881 g/mol. The Labute approximate surface area is 408 Å². The molecule has 4 aromatic carbocycles. The molecule has 14 heteroatoms. The summed E-state index contributed by atoms with van der Waals surface area (Å²) >= 11 is 0. The molecule has 2 saturated heterocycles. The van der Waals surface area contributed by atoms with E-state index in [1.165, 1.54) is 26.4 Å². The van der Waals surface area contributed by atoms with Crippen molar-refractivity contribution in [2.24, 2.45) is 11.8 Å². The lowest BCUT2D eigenvalue weighted by molar-refractivity contribution is -0.136. The molecule has 4 atom stereocenters. The van der Waals surface area contributed by atoms with E-state index in [0.717, 1.165) is 73.9 Å². The molecule has 0 bridgehead atoms. The Kier molecular flexibility index (Phi) is 21.4. The molecule has 0 aromatic heterocycles. The van der Waals surface area contributed by atoms with Gasteiger partial charge >= 0.3 is 12.2 Å². The molecule has 2 fully saturated rings. The molecule has 0 spiro atoms. The topological polar surface area (TPSA) is 161 Å². The van der Waals surface area contributed by atoms with Crippen LogP contribution in [0.2, 0.25) is 0 Å². The molecular formula is C55H75F2N5O7. The maximum atomic E-state index is 15.5. The quantitative estimate of drug-likeness (QED) is 0.0475. The molecule has 12 nitrogen and oxygen atoms in total. The summed E-state index contributed by atoms with van der Waals surface area (Å²) in [5.41, 5.74) is 3.09. The van der Waals surface area contributed by atoms with Crippen molar-refractivity contribution in [3.8, 4) is 22.3 Å². The van der Waals surface area contributed by atoms with Gasteiger partial charge in [-0.25, -0.2) is 18.4 Å². The van der Waals surface area contributed by atoms with Gasteiger partial charge in [0, 0.05) is 62.1 Å². The van der Waals surface area contributed by atoms with Gasteiger partial charge in [0.2, 0.25) is 5.91 Å². The van der Waals surface area contributed by atoms with Crippen LogP contribution in [0.5, 0.6) is 0 Å². The summed E-state index contributed by atoms with van der Waals surface area (Å²) in [6.45, 7) is 8.24. The lowest BCUT2D eigenvalue weighted by Crippen LogP contribution is -2.48. The highest BCUT2D eigenvalue weighted by molar-refractivity contribution is 5.76. The number of nitrogens with one attached hydrogen (secondary N) is 4. The minimum Gasteiger partial charge on any atom is -0.453 e. The zero-order chi connectivity index (χ0) is 49.8. The van der Waals surface area contributed by atoms with Crippen LogP contribution < -0.4 is 21.3 Å². The number of aryl methyl sites for hydroxylation is 2. The Morgan fingerprint density at radius 3 is 1.70 bits per heavy atom. The summed E-state index contributed by atoms with van der Waals surface area (Å²) in [7, 11) is 4.49. The molecule has 0 saturated carbocycles. The third-order valence-electron chi connectivity index (χ3n) is 13.8. The number of aliphatic hydroxyl groups is 2. The average molecular weight is 956 g/mol. The third kappa shape index (κ3) is 14.6. The first-order valence-electron chi connectivity index (χ1n) is 24.8. The summed E-state index contributed by atoms with van der Waals surface area (Å²) in [5, 5.41) is 36.3. The molecule has 6 N–H and O–H groups in total. The molecule has 2 aliphatic heterocycles. The molecule has 2 aliphatic rings. The highest BCUT2D eigenvalue weighted by Crippen LogP contribution is 2.46. The molecule has 376 valence electrons. The number of ether oxygens (including phenoxy) is 2. The maximum absolute atomic E-state index is 15.5. The lowest BCUT2D eigenvalue weighted by atomic mass is 9.72. The fourth-order valence-electron chi connectivity index (χ4n) is 10.0. The van der Waals surface area contributed by atoms with Gasteiger partial charge in [-0.15, -0.1) is 0 Å². The largest absolute Gasteiger partial charge is 0.453 e. The van der Waals surface area contributed by atoms with Crippen molar-refractivity contribution in [1.82, 2.24) is 26.2 Å². The van der Waals surface area contributed by atoms with Gasteiger partial charge in [0.25, 0.3) is 0 Å². The van der Waals surface area contributed by atoms with Gasteiger partial charge in [-0.2, -0.15) is 0 Å². The number of carbonyl (C=O) groups is 3. The number of amides is 3. The number of carbonyl (C=O) groups excluding carboxylic acids is 3. The van der Waals surface area contributed by atoms with E-state index in [1.807, 2.05) is 66.5 Å². The first kappa shape index (κ1) is 54.5. The van der Waals surface area contributed by atoms with Crippen molar-refractivity contribution in [3.63, 3.8) is 0 Å². The van der Waals surface area contributed by atoms with Crippen LogP contribution in [0.15, 0.2) is 84.9 Å². The number of nitrogens with zero attached hydrogens (tertiary/aromatic N) is 1. The number of hydrogen-bond donors (Lipinski definition) is 6. The van der Waals surface area contributed by atoms with Gasteiger partial charge in [0.1, 0.15) is 11.6 Å². The summed E-state index contributed by atoms with van der Waals surface area (Å²) in [5.74, 6) is -0.972. The van der Waals surface area contributed by atoms with Crippen LogP contribution in [0.25, 0.3) is 22.3 Å². The van der Waals surface area contributed by atoms with Crippen molar-refractivity contribution >= 4 is 18.1 Å². The van der Waals surface area contributed by atoms with Gasteiger partial charge in [-0.3, -0.25) is 4.79 Å². The van der Waals surface area contributed by atoms with E-state index in [9.17, 15) is 24.6 Å². The first-order chi connectivity index (χ1) is 33.3. The van der Waals surface area contributed by atoms with Gasteiger partial charge in [0.15, 0.2) is 0 Å². The summed E-state index contributed by atoms with van der Waals surface area (Å²) in [6, 6.07) is 25.5. The number of rotatable bonds is 20. The molecule has 0 radical (unpaired) electrons. The minimum atomic E-state index is -1.40. The molecule has 69 heavy (non-hydrogen) atoms. The summed E-state index contributed by atoms with van der Waals surface area (Å²) in [6.07, 6.45) is 6.86. The molecule has 0 aliphatic carbocycles. The monoisotopic (exact) mass is 956 g/mol. The second-order valence-corrected chi connectivity index (χ2v) is 18.3. The predicted octanol–water partition coefficient (Wildman–Crippen LogP) is 9.00. The van der Waals surface area contributed by atoms with Crippen LogP contribution >= 0.6 is 0 Å². The van der Waals surface area contributed by atoms with Crippen LogP contribution in [-0.2, 0) is 38.3 Å². The van der Waals surface area contributed by atoms with Gasteiger partial charge in [0.05, 0.1) is 25.4 Å². The summed E-state index contributed by atoms with van der Waals surface area (Å²) < 4.78 is 40.0. The van der Waals surface area contributed by atoms with E-state index in [0.29, 0.717) is 93.5 Å². The first-order valence-corrected chi connectivity index (χ1v) is 24.8. The van der Waals surface area contributed by atoms with E-state index in [4.69, 9.17) is 0 Å². The number of likely N-dealkylation sites (tertiary alicyclic amines) is 1. The van der Waals surface area contributed by atoms with Crippen molar-refractivity contribution in [1.29, 1.82) is 0 Å². The average Bonchev–Trinajstić information content (AvgIpc) is 3.38. The number of benzene rings is 4. The predicted molar refractivity (Wildman–Crippen MR) is 268 cm³/mol. The smallest absolute Gasteiger partial charge is 0.406 e. The lowest BCUT2D eigenvalue weighted by Gasteiger charge is -2.43. The van der Waals surface area contributed by atoms with Crippen LogP contribution in [-0.4, -0.2) is 100 Å². The minimum absolute atomic E-state index is 0.0470. The Morgan fingerprint density at radius 2 is 1.22 bits per heavy atom. The zero-order valence-corrected chi connectivity index (χ0v) is 41.3.